The molecule has 2 rings (SSSR count). The van der Waals surface area contributed by atoms with Crippen molar-refractivity contribution in [3.8, 4) is 0 Å². The minimum atomic E-state index is -0.200. The number of rotatable bonds is 1. The zero-order valence-corrected chi connectivity index (χ0v) is 13.4. The quantitative estimate of drug-likeness (QED) is 0.648. The average molecular weight is 252 g/mol. The van der Waals surface area contributed by atoms with E-state index in [0.717, 1.165) is 0 Å². The minimum Gasteiger partial charge on any atom is -0.403 e. The van der Waals surface area contributed by atoms with Gasteiger partial charge >= 0.3 is 7.12 Å². The third-order valence-electron chi connectivity index (χ3n) is 6.03. The molecule has 1 saturated heterocycles. The maximum absolute atomic E-state index is 6.21. The van der Waals surface area contributed by atoms with E-state index >= 15 is 0 Å². The van der Waals surface area contributed by atoms with Crippen LogP contribution in [0, 0.1) is 10.8 Å². The van der Waals surface area contributed by atoms with Crippen LogP contribution in [0.15, 0.2) is 0 Å². The van der Waals surface area contributed by atoms with E-state index < -0.39 is 0 Å². The fourth-order valence-corrected chi connectivity index (χ4v) is 3.21. The van der Waals surface area contributed by atoms with Crippen LogP contribution in [0.25, 0.3) is 0 Å². The van der Waals surface area contributed by atoms with Crippen LogP contribution in [0.3, 0.4) is 0 Å². The molecular weight excluding hydrogens is 223 g/mol. The maximum Gasteiger partial charge on any atom is 0.461 e. The third-order valence-corrected chi connectivity index (χ3v) is 6.03. The first-order valence-corrected chi connectivity index (χ1v) is 7.24. The zero-order chi connectivity index (χ0) is 14.0. The lowest BCUT2D eigenvalue weighted by molar-refractivity contribution is 0.00578. The fourth-order valence-electron chi connectivity index (χ4n) is 3.21. The van der Waals surface area contributed by atoms with Gasteiger partial charge < -0.3 is 9.31 Å². The minimum absolute atomic E-state index is 0.0314. The van der Waals surface area contributed by atoms with Crippen molar-refractivity contribution in [2.24, 2.45) is 10.8 Å². The zero-order valence-electron chi connectivity index (χ0n) is 13.4. The number of hydrogen-bond donors (Lipinski definition) is 0. The van der Waals surface area contributed by atoms with Gasteiger partial charge in [0.25, 0.3) is 0 Å². The van der Waals surface area contributed by atoms with Crippen LogP contribution in [0.2, 0.25) is 5.82 Å². The highest BCUT2D eigenvalue weighted by atomic mass is 16.7. The molecule has 3 heteroatoms. The van der Waals surface area contributed by atoms with E-state index in [0.29, 0.717) is 16.6 Å². The molecule has 0 unspecified atom stereocenters. The molecule has 0 spiro atoms. The standard InChI is InChI=1S/C15H29BO2/c1-12(2)9-11(10-13(12,3)4)16-17-14(5,6)15(7,8)18-16/h11H,9-10H2,1-8H3. The van der Waals surface area contributed by atoms with Crippen LogP contribution < -0.4 is 0 Å². The molecule has 1 aliphatic carbocycles. The summed E-state index contributed by atoms with van der Waals surface area (Å²) >= 11 is 0. The van der Waals surface area contributed by atoms with Gasteiger partial charge in [0.2, 0.25) is 0 Å². The van der Waals surface area contributed by atoms with Crippen LogP contribution in [0.1, 0.15) is 68.2 Å². The van der Waals surface area contributed by atoms with Gasteiger partial charge in [-0.3, -0.25) is 0 Å². The second-order valence-electron chi connectivity index (χ2n) is 8.56. The lowest BCUT2D eigenvalue weighted by Gasteiger charge is -2.34. The van der Waals surface area contributed by atoms with Gasteiger partial charge in [-0.05, 0) is 57.2 Å². The van der Waals surface area contributed by atoms with Gasteiger partial charge in [0.05, 0.1) is 11.2 Å². The van der Waals surface area contributed by atoms with Gasteiger partial charge in [-0.25, -0.2) is 0 Å². The summed E-state index contributed by atoms with van der Waals surface area (Å²) < 4.78 is 12.4. The van der Waals surface area contributed by atoms with Crippen LogP contribution in [0.4, 0.5) is 0 Å². The van der Waals surface area contributed by atoms with Gasteiger partial charge in [-0.1, -0.05) is 27.7 Å². The van der Waals surface area contributed by atoms with Crippen molar-refractivity contribution in [1.29, 1.82) is 0 Å². The van der Waals surface area contributed by atoms with E-state index in [1.54, 1.807) is 0 Å². The van der Waals surface area contributed by atoms with Crippen LogP contribution >= 0.6 is 0 Å². The lowest BCUT2D eigenvalue weighted by Crippen LogP contribution is -2.41. The summed E-state index contributed by atoms with van der Waals surface area (Å²) in [5.41, 5.74) is 0.325. The summed E-state index contributed by atoms with van der Waals surface area (Å²) in [6, 6.07) is 0. The first-order chi connectivity index (χ1) is 7.88. The Balaban J connectivity index is 2.14. The predicted molar refractivity (Wildman–Crippen MR) is 76.6 cm³/mol. The Morgan fingerprint density at radius 3 is 1.39 bits per heavy atom. The smallest absolute Gasteiger partial charge is 0.403 e. The Kier molecular flexibility index (Phi) is 3.01. The average Bonchev–Trinajstić information content (AvgIpc) is 2.45. The SMILES string of the molecule is CC1(C)CC(B2OC(C)(C)C(C)(C)O2)CC1(C)C. The summed E-state index contributed by atoms with van der Waals surface area (Å²) in [7, 11) is -0.0314. The van der Waals surface area contributed by atoms with E-state index in [1.165, 1.54) is 12.8 Å². The molecule has 2 aliphatic rings. The van der Waals surface area contributed by atoms with E-state index in [4.69, 9.17) is 9.31 Å². The lowest BCUT2D eigenvalue weighted by atomic mass is 9.69. The Labute approximate surface area is 113 Å². The molecule has 1 heterocycles. The van der Waals surface area contributed by atoms with E-state index in [2.05, 4.69) is 55.4 Å². The highest BCUT2D eigenvalue weighted by Gasteiger charge is 2.58. The first-order valence-electron chi connectivity index (χ1n) is 7.24. The molecule has 0 bridgehead atoms. The Bertz CT molecular complexity index is 278. The van der Waals surface area contributed by atoms with Gasteiger partial charge in [0.15, 0.2) is 0 Å². The normalized spacial score (nSPS) is 33.0. The molecule has 0 N–H and O–H groups in total. The predicted octanol–water partition coefficient (Wildman–Crippen LogP) is 4.30. The molecule has 0 aromatic heterocycles. The van der Waals surface area contributed by atoms with Gasteiger partial charge in [-0.15, -0.1) is 0 Å². The number of hydrogen-bond acceptors (Lipinski definition) is 2. The third kappa shape index (κ3) is 2.04. The summed E-state index contributed by atoms with van der Waals surface area (Å²) in [4.78, 5) is 0. The highest BCUT2D eigenvalue weighted by Crippen LogP contribution is 2.59. The Morgan fingerprint density at radius 1 is 0.722 bits per heavy atom. The molecule has 0 aromatic rings. The molecule has 1 saturated carbocycles. The van der Waals surface area contributed by atoms with Crippen molar-refractivity contribution in [1.82, 2.24) is 0 Å². The van der Waals surface area contributed by atoms with Gasteiger partial charge in [-0.2, -0.15) is 0 Å². The second-order valence-corrected chi connectivity index (χ2v) is 8.56. The maximum atomic E-state index is 6.21. The highest BCUT2D eigenvalue weighted by molar-refractivity contribution is 6.47. The largest absolute Gasteiger partial charge is 0.461 e. The van der Waals surface area contributed by atoms with Crippen LogP contribution in [-0.4, -0.2) is 18.3 Å². The van der Waals surface area contributed by atoms with Crippen LogP contribution in [0.5, 0.6) is 0 Å². The summed E-state index contributed by atoms with van der Waals surface area (Å²) in [5.74, 6) is 0.524. The van der Waals surface area contributed by atoms with E-state index in [1.807, 2.05) is 0 Å². The summed E-state index contributed by atoms with van der Waals surface area (Å²) in [6.07, 6.45) is 2.38. The van der Waals surface area contributed by atoms with Gasteiger partial charge in [0.1, 0.15) is 0 Å². The monoisotopic (exact) mass is 252 g/mol. The Morgan fingerprint density at radius 2 is 1.06 bits per heavy atom. The summed E-state index contributed by atoms with van der Waals surface area (Å²) in [6.45, 7) is 18.0. The van der Waals surface area contributed by atoms with Crippen LogP contribution in [-0.2, 0) is 9.31 Å². The molecule has 0 atom stereocenters. The first kappa shape index (κ1) is 14.4. The molecule has 1 aliphatic heterocycles. The molecule has 0 amide bonds. The van der Waals surface area contributed by atoms with Crippen molar-refractivity contribution < 1.29 is 9.31 Å². The van der Waals surface area contributed by atoms with Crippen molar-refractivity contribution in [3.05, 3.63) is 0 Å². The molecule has 104 valence electrons. The topological polar surface area (TPSA) is 18.5 Å². The van der Waals surface area contributed by atoms with Crippen molar-refractivity contribution in [3.63, 3.8) is 0 Å². The van der Waals surface area contributed by atoms with E-state index in [-0.39, 0.29) is 18.3 Å². The van der Waals surface area contributed by atoms with Gasteiger partial charge in [0, 0.05) is 0 Å². The van der Waals surface area contributed by atoms with E-state index in [9.17, 15) is 0 Å². The fraction of sp³-hybridized carbons (Fsp3) is 1.00. The molecule has 0 radical (unpaired) electrons. The molecule has 0 aromatic carbocycles. The van der Waals surface area contributed by atoms with Crippen molar-refractivity contribution in [2.75, 3.05) is 0 Å². The molecular formula is C15H29BO2. The molecule has 18 heavy (non-hydrogen) atoms. The second kappa shape index (κ2) is 3.76. The van der Waals surface area contributed by atoms with Crippen molar-refractivity contribution in [2.45, 2.75) is 85.3 Å². The Hall–Kier alpha value is -0.0151. The van der Waals surface area contributed by atoms with Crippen molar-refractivity contribution >= 4 is 7.12 Å². The molecule has 2 fully saturated rings. The molecule has 2 nitrogen and oxygen atoms in total. The summed E-state index contributed by atoms with van der Waals surface area (Å²) in [5, 5.41) is 0.